The van der Waals surface area contributed by atoms with Crippen molar-refractivity contribution in [3.63, 3.8) is 0 Å². The van der Waals surface area contributed by atoms with Crippen LogP contribution in [0, 0.1) is 13.8 Å². The Labute approximate surface area is 198 Å². The first-order chi connectivity index (χ1) is 15.8. The van der Waals surface area contributed by atoms with Gasteiger partial charge in [-0.3, -0.25) is 14.5 Å². The van der Waals surface area contributed by atoms with E-state index in [0.717, 1.165) is 16.9 Å². The largest absolute Gasteiger partial charge is 0.507 e. The number of aliphatic hydroxyl groups excluding tert-OH is 1. The van der Waals surface area contributed by atoms with Crippen LogP contribution in [0.25, 0.3) is 5.76 Å². The van der Waals surface area contributed by atoms with Gasteiger partial charge in [-0.2, -0.15) is 0 Å². The van der Waals surface area contributed by atoms with Gasteiger partial charge in [0, 0.05) is 10.4 Å². The zero-order chi connectivity index (χ0) is 23.7. The first kappa shape index (κ1) is 22.6. The number of carbonyl (C=O) groups excluding carboxylic acids is 3. The molecule has 0 unspecified atom stereocenters. The van der Waals surface area contributed by atoms with Gasteiger partial charge in [-0.1, -0.05) is 59.9 Å². The number of thiazole rings is 1. The predicted octanol–water partition coefficient (Wildman–Crippen LogP) is 4.79. The summed E-state index contributed by atoms with van der Waals surface area (Å²) in [5, 5.41) is 13.1. The third-order valence-electron chi connectivity index (χ3n) is 5.09. The molecule has 1 aliphatic rings. The number of aryl methyl sites for hydroxylation is 2. The Kier molecular flexibility index (Phi) is 6.26. The standard InChI is InChI=1S/C24H20N2O5S2/c1-4-11-31-23(30)21-14(3)25-24(33-21)26-18(16-6-5-12-32-16)17(20(28)22(26)29)19(27)15-9-7-13(2)8-10-15/h4-10,12,18,27H,1,11H2,2-3H3/t18-/m0/s1. The molecule has 1 atom stereocenters. The third-order valence-corrected chi connectivity index (χ3v) is 7.15. The maximum Gasteiger partial charge on any atom is 0.350 e. The maximum atomic E-state index is 13.1. The number of benzene rings is 1. The van der Waals surface area contributed by atoms with Crippen LogP contribution in [-0.4, -0.2) is 34.4 Å². The first-order valence-electron chi connectivity index (χ1n) is 10.0. The number of hydrogen-bond donors (Lipinski definition) is 1. The molecule has 4 rings (SSSR count). The fourth-order valence-corrected chi connectivity index (χ4v) is 5.30. The Morgan fingerprint density at radius 1 is 1.24 bits per heavy atom. The number of aromatic nitrogens is 1. The minimum atomic E-state index is -0.867. The van der Waals surface area contributed by atoms with Gasteiger partial charge in [-0.05, 0) is 25.3 Å². The highest BCUT2D eigenvalue weighted by Gasteiger charge is 2.48. The molecule has 168 valence electrons. The van der Waals surface area contributed by atoms with Crippen molar-refractivity contribution in [1.29, 1.82) is 0 Å². The van der Waals surface area contributed by atoms with Crippen molar-refractivity contribution in [2.45, 2.75) is 19.9 Å². The predicted molar refractivity (Wildman–Crippen MR) is 128 cm³/mol. The number of amides is 1. The van der Waals surface area contributed by atoms with E-state index in [4.69, 9.17) is 4.74 Å². The van der Waals surface area contributed by atoms with Crippen LogP contribution in [0.4, 0.5) is 5.13 Å². The van der Waals surface area contributed by atoms with Crippen LogP contribution in [0.1, 0.15) is 37.4 Å². The Morgan fingerprint density at radius 2 is 1.97 bits per heavy atom. The van der Waals surface area contributed by atoms with Crippen LogP contribution in [0.5, 0.6) is 0 Å². The lowest BCUT2D eigenvalue weighted by atomic mass is 9.99. The average Bonchev–Trinajstić information content (AvgIpc) is 3.51. The first-order valence-corrected chi connectivity index (χ1v) is 11.7. The van der Waals surface area contributed by atoms with Crippen molar-refractivity contribution in [2.75, 3.05) is 11.5 Å². The topological polar surface area (TPSA) is 96.8 Å². The number of anilines is 1. The molecule has 1 saturated heterocycles. The van der Waals surface area contributed by atoms with E-state index in [2.05, 4.69) is 11.6 Å². The van der Waals surface area contributed by atoms with Crippen molar-refractivity contribution < 1.29 is 24.2 Å². The minimum Gasteiger partial charge on any atom is -0.507 e. The molecule has 0 saturated carbocycles. The number of aliphatic hydroxyl groups is 1. The average molecular weight is 481 g/mol. The molecule has 0 radical (unpaired) electrons. The highest BCUT2D eigenvalue weighted by atomic mass is 32.1. The molecule has 1 aliphatic heterocycles. The van der Waals surface area contributed by atoms with Crippen molar-refractivity contribution in [3.05, 3.63) is 86.6 Å². The van der Waals surface area contributed by atoms with Gasteiger partial charge < -0.3 is 9.84 Å². The molecule has 3 heterocycles. The molecular formula is C24H20N2O5S2. The number of hydrogen-bond acceptors (Lipinski definition) is 8. The van der Waals surface area contributed by atoms with E-state index < -0.39 is 23.7 Å². The van der Waals surface area contributed by atoms with E-state index in [0.29, 0.717) is 16.1 Å². The molecule has 3 aromatic rings. The lowest BCUT2D eigenvalue weighted by Crippen LogP contribution is -2.29. The summed E-state index contributed by atoms with van der Waals surface area (Å²) in [6, 6.07) is 9.75. The van der Waals surface area contributed by atoms with Crippen LogP contribution in [0.3, 0.4) is 0 Å². The summed E-state index contributed by atoms with van der Waals surface area (Å²) in [4.78, 5) is 45.2. The second-order valence-corrected chi connectivity index (χ2v) is 9.31. The number of rotatable bonds is 6. The van der Waals surface area contributed by atoms with E-state index in [1.165, 1.54) is 22.3 Å². The summed E-state index contributed by atoms with van der Waals surface area (Å²) in [5.74, 6) is -2.47. The van der Waals surface area contributed by atoms with Gasteiger partial charge in [0.05, 0.1) is 11.3 Å². The second-order valence-electron chi connectivity index (χ2n) is 7.35. The second kappa shape index (κ2) is 9.13. The van der Waals surface area contributed by atoms with E-state index >= 15 is 0 Å². The summed E-state index contributed by atoms with van der Waals surface area (Å²) in [6.45, 7) is 7.11. The number of esters is 1. The quantitative estimate of drug-likeness (QED) is 0.179. The number of ketones is 1. The molecule has 33 heavy (non-hydrogen) atoms. The molecule has 0 aliphatic carbocycles. The van der Waals surface area contributed by atoms with Crippen LogP contribution < -0.4 is 4.90 Å². The fourth-order valence-electron chi connectivity index (χ4n) is 3.49. The minimum absolute atomic E-state index is 0.0186. The molecule has 2 aromatic heterocycles. The molecule has 1 aromatic carbocycles. The molecule has 1 fully saturated rings. The van der Waals surface area contributed by atoms with Crippen LogP contribution in [0.2, 0.25) is 0 Å². The van der Waals surface area contributed by atoms with Gasteiger partial charge in [0.25, 0.3) is 5.78 Å². The summed E-state index contributed by atoms with van der Waals surface area (Å²) in [6.07, 6.45) is 1.45. The van der Waals surface area contributed by atoms with Crippen LogP contribution >= 0.6 is 22.7 Å². The molecular weight excluding hydrogens is 460 g/mol. The fraction of sp³-hybridized carbons (Fsp3) is 0.167. The smallest absolute Gasteiger partial charge is 0.350 e. The molecule has 7 nitrogen and oxygen atoms in total. The van der Waals surface area contributed by atoms with Gasteiger partial charge in [0.2, 0.25) is 0 Å². The van der Waals surface area contributed by atoms with E-state index in [9.17, 15) is 19.5 Å². The van der Waals surface area contributed by atoms with E-state index in [1.807, 2.05) is 24.4 Å². The van der Waals surface area contributed by atoms with Gasteiger partial charge in [-0.15, -0.1) is 11.3 Å². The Bertz CT molecular complexity index is 1270. The molecule has 0 bridgehead atoms. The normalized spacial score (nSPS) is 17.4. The number of nitrogens with zero attached hydrogens (tertiary/aromatic N) is 2. The van der Waals surface area contributed by atoms with Crippen molar-refractivity contribution in [1.82, 2.24) is 4.98 Å². The van der Waals surface area contributed by atoms with E-state index in [1.54, 1.807) is 31.2 Å². The van der Waals surface area contributed by atoms with Crippen LogP contribution in [0.15, 0.2) is 60.0 Å². The summed E-state index contributed by atoms with van der Waals surface area (Å²) < 4.78 is 5.10. The maximum absolute atomic E-state index is 13.1. The van der Waals surface area contributed by atoms with Crippen molar-refractivity contribution in [2.24, 2.45) is 0 Å². The Balaban J connectivity index is 1.84. The highest BCUT2D eigenvalue weighted by Crippen LogP contribution is 2.45. The molecule has 1 N–H and O–H groups in total. The Morgan fingerprint density at radius 3 is 2.61 bits per heavy atom. The summed E-state index contributed by atoms with van der Waals surface area (Å²) >= 11 is 2.32. The number of carbonyl (C=O) groups is 3. The number of thiophene rings is 1. The highest BCUT2D eigenvalue weighted by molar-refractivity contribution is 7.18. The monoisotopic (exact) mass is 480 g/mol. The number of Topliss-reactive ketones (excluding diaryl/α,β-unsaturated/α-hetero) is 1. The van der Waals surface area contributed by atoms with Gasteiger partial charge in [-0.25, -0.2) is 9.78 Å². The van der Waals surface area contributed by atoms with Crippen molar-refractivity contribution >= 4 is 51.2 Å². The lowest BCUT2D eigenvalue weighted by molar-refractivity contribution is -0.132. The van der Waals surface area contributed by atoms with Crippen LogP contribution in [-0.2, 0) is 14.3 Å². The lowest BCUT2D eigenvalue weighted by Gasteiger charge is -2.21. The molecule has 0 spiro atoms. The van der Waals surface area contributed by atoms with Gasteiger partial charge >= 0.3 is 11.9 Å². The summed E-state index contributed by atoms with van der Waals surface area (Å²) in [5.41, 5.74) is 1.80. The zero-order valence-electron chi connectivity index (χ0n) is 17.9. The van der Waals surface area contributed by atoms with Gasteiger partial charge in [0.1, 0.15) is 23.3 Å². The van der Waals surface area contributed by atoms with Gasteiger partial charge in [0.15, 0.2) is 5.13 Å². The Hall–Kier alpha value is -3.56. The molecule has 1 amide bonds. The van der Waals surface area contributed by atoms with Crippen molar-refractivity contribution in [3.8, 4) is 0 Å². The molecule has 9 heteroatoms. The third kappa shape index (κ3) is 4.12. The van der Waals surface area contributed by atoms with E-state index in [-0.39, 0.29) is 27.9 Å². The SMILES string of the molecule is C=CCOC(=O)c1sc(N2C(=O)C(=O)C(=C(O)c3ccc(C)cc3)[C@@H]2c2cccs2)nc1C. The zero-order valence-corrected chi connectivity index (χ0v) is 19.5. The number of ether oxygens (including phenoxy) is 1. The summed E-state index contributed by atoms with van der Waals surface area (Å²) in [7, 11) is 0.